The molecule has 0 aliphatic rings. The normalized spacial score (nSPS) is 13.3. The van der Waals surface area contributed by atoms with Crippen molar-refractivity contribution < 1.29 is 4.39 Å². The standard InChI is InChI=1S/C12H15ClFN/c1-10(15-8-3-2-7-13)11-5-4-6-12(14)9-11/h2-6,9-10,15H,7-8H2,1H3/b3-2+. The van der Waals surface area contributed by atoms with Crippen LogP contribution >= 0.6 is 11.6 Å². The van der Waals surface area contributed by atoms with Crippen molar-refractivity contribution in [1.29, 1.82) is 0 Å². The molecule has 1 aromatic carbocycles. The largest absolute Gasteiger partial charge is 0.307 e. The average Bonchev–Trinajstić information content (AvgIpc) is 2.24. The molecule has 0 heterocycles. The Kier molecular flexibility index (Phi) is 5.37. The van der Waals surface area contributed by atoms with Crippen LogP contribution in [0.3, 0.4) is 0 Å². The van der Waals surface area contributed by atoms with Crippen LogP contribution in [0.15, 0.2) is 36.4 Å². The average molecular weight is 228 g/mol. The number of hydrogen-bond acceptors (Lipinski definition) is 1. The van der Waals surface area contributed by atoms with E-state index < -0.39 is 0 Å². The van der Waals surface area contributed by atoms with E-state index in [1.54, 1.807) is 12.1 Å². The molecule has 0 saturated carbocycles. The van der Waals surface area contributed by atoms with Crippen LogP contribution in [-0.4, -0.2) is 12.4 Å². The Bertz CT molecular complexity index is 325. The Morgan fingerprint density at radius 3 is 2.93 bits per heavy atom. The van der Waals surface area contributed by atoms with Gasteiger partial charge in [-0.15, -0.1) is 11.6 Å². The number of alkyl halides is 1. The fraction of sp³-hybridized carbons (Fsp3) is 0.333. The summed E-state index contributed by atoms with van der Waals surface area (Å²) < 4.78 is 12.9. The van der Waals surface area contributed by atoms with Gasteiger partial charge in [0.2, 0.25) is 0 Å². The van der Waals surface area contributed by atoms with Gasteiger partial charge in [0.25, 0.3) is 0 Å². The summed E-state index contributed by atoms with van der Waals surface area (Å²) in [7, 11) is 0. The summed E-state index contributed by atoms with van der Waals surface area (Å²) >= 11 is 5.49. The first kappa shape index (κ1) is 12.2. The molecule has 0 amide bonds. The maximum Gasteiger partial charge on any atom is 0.123 e. The summed E-state index contributed by atoms with van der Waals surface area (Å²) in [6.07, 6.45) is 3.84. The summed E-state index contributed by atoms with van der Waals surface area (Å²) in [6.45, 7) is 2.74. The van der Waals surface area contributed by atoms with Crippen molar-refractivity contribution in [3.63, 3.8) is 0 Å². The molecule has 0 spiro atoms. The molecule has 1 rings (SSSR count). The van der Waals surface area contributed by atoms with Gasteiger partial charge in [-0.3, -0.25) is 0 Å². The van der Waals surface area contributed by atoms with Crippen molar-refractivity contribution in [1.82, 2.24) is 5.32 Å². The molecular formula is C12H15ClFN. The van der Waals surface area contributed by atoms with Crippen molar-refractivity contribution in [3.05, 3.63) is 47.8 Å². The molecule has 0 fully saturated rings. The smallest absolute Gasteiger partial charge is 0.123 e. The second-order valence-corrected chi connectivity index (χ2v) is 3.62. The first-order chi connectivity index (χ1) is 7.24. The molecule has 1 aromatic rings. The van der Waals surface area contributed by atoms with Gasteiger partial charge < -0.3 is 5.32 Å². The van der Waals surface area contributed by atoms with Gasteiger partial charge in [0.05, 0.1) is 0 Å². The van der Waals surface area contributed by atoms with Gasteiger partial charge in [-0.25, -0.2) is 4.39 Å². The minimum atomic E-state index is -0.197. The molecule has 15 heavy (non-hydrogen) atoms. The van der Waals surface area contributed by atoms with Crippen LogP contribution in [0.25, 0.3) is 0 Å². The molecule has 0 aliphatic carbocycles. The third-order valence-electron chi connectivity index (χ3n) is 2.15. The molecule has 3 heteroatoms. The van der Waals surface area contributed by atoms with E-state index in [9.17, 15) is 4.39 Å². The van der Waals surface area contributed by atoms with Crippen LogP contribution in [0.5, 0.6) is 0 Å². The van der Waals surface area contributed by atoms with Gasteiger partial charge in [-0.2, -0.15) is 0 Å². The Hall–Kier alpha value is -0.860. The van der Waals surface area contributed by atoms with Crippen LogP contribution in [0.2, 0.25) is 0 Å². The monoisotopic (exact) mass is 227 g/mol. The SMILES string of the molecule is CC(NC/C=C/CCl)c1cccc(F)c1. The third kappa shape index (κ3) is 4.45. The summed E-state index contributed by atoms with van der Waals surface area (Å²) in [4.78, 5) is 0. The predicted octanol–water partition coefficient (Wildman–Crippen LogP) is 3.27. The Balaban J connectivity index is 2.46. The molecule has 1 nitrogen and oxygen atoms in total. The van der Waals surface area contributed by atoms with E-state index >= 15 is 0 Å². The van der Waals surface area contributed by atoms with Gasteiger partial charge in [-0.1, -0.05) is 24.3 Å². The molecule has 0 aliphatic heterocycles. The van der Waals surface area contributed by atoms with Crippen LogP contribution < -0.4 is 5.32 Å². The Labute approximate surface area is 95.0 Å². The lowest BCUT2D eigenvalue weighted by atomic mass is 10.1. The topological polar surface area (TPSA) is 12.0 Å². The summed E-state index contributed by atoms with van der Waals surface area (Å²) in [5.74, 6) is 0.327. The van der Waals surface area contributed by atoms with Gasteiger partial charge in [0, 0.05) is 18.5 Å². The zero-order chi connectivity index (χ0) is 11.1. The number of halogens is 2. The van der Waals surface area contributed by atoms with Crippen LogP contribution in [0, 0.1) is 5.82 Å². The maximum absolute atomic E-state index is 12.9. The highest BCUT2D eigenvalue weighted by atomic mass is 35.5. The second kappa shape index (κ2) is 6.59. The number of hydrogen-bond donors (Lipinski definition) is 1. The number of benzene rings is 1. The van der Waals surface area contributed by atoms with Crippen molar-refractivity contribution in [2.75, 3.05) is 12.4 Å². The predicted molar refractivity (Wildman–Crippen MR) is 62.7 cm³/mol. The number of rotatable bonds is 5. The number of allylic oxidation sites excluding steroid dienone is 1. The lowest BCUT2D eigenvalue weighted by Crippen LogP contribution is -2.18. The van der Waals surface area contributed by atoms with Gasteiger partial charge >= 0.3 is 0 Å². The summed E-state index contributed by atoms with van der Waals surface area (Å²) in [6, 6.07) is 6.76. The first-order valence-electron chi connectivity index (χ1n) is 4.94. The highest BCUT2D eigenvalue weighted by Gasteiger charge is 2.03. The van der Waals surface area contributed by atoms with Crippen LogP contribution in [0.4, 0.5) is 4.39 Å². The van der Waals surface area contributed by atoms with E-state index in [2.05, 4.69) is 5.32 Å². The summed E-state index contributed by atoms with van der Waals surface area (Å²) in [5, 5.41) is 3.25. The Morgan fingerprint density at radius 1 is 1.47 bits per heavy atom. The van der Waals surface area contributed by atoms with Crippen molar-refractivity contribution in [2.45, 2.75) is 13.0 Å². The fourth-order valence-electron chi connectivity index (χ4n) is 1.28. The van der Waals surface area contributed by atoms with Crippen LogP contribution in [0.1, 0.15) is 18.5 Å². The highest BCUT2D eigenvalue weighted by molar-refractivity contribution is 6.18. The molecule has 0 saturated heterocycles. The molecule has 0 radical (unpaired) electrons. The quantitative estimate of drug-likeness (QED) is 0.602. The van der Waals surface area contributed by atoms with E-state index in [1.165, 1.54) is 6.07 Å². The van der Waals surface area contributed by atoms with E-state index in [4.69, 9.17) is 11.6 Å². The molecule has 0 bridgehead atoms. The van der Waals surface area contributed by atoms with Crippen molar-refractivity contribution in [3.8, 4) is 0 Å². The van der Waals surface area contributed by atoms with E-state index in [-0.39, 0.29) is 11.9 Å². The fourth-order valence-corrected chi connectivity index (χ4v) is 1.41. The Morgan fingerprint density at radius 2 is 2.27 bits per heavy atom. The van der Waals surface area contributed by atoms with Crippen LogP contribution in [-0.2, 0) is 0 Å². The second-order valence-electron chi connectivity index (χ2n) is 3.31. The van der Waals surface area contributed by atoms with Gasteiger partial charge in [-0.05, 0) is 24.6 Å². The zero-order valence-electron chi connectivity index (χ0n) is 8.71. The molecular weight excluding hydrogens is 213 g/mol. The highest BCUT2D eigenvalue weighted by Crippen LogP contribution is 2.12. The minimum absolute atomic E-state index is 0.140. The lowest BCUT2D eigenvalue weighted by molar-refractivity contribution is 0.595. The van der Waals surface area contributed by atoms with Gasteiger partial charge in [0.1, 0.15) is 5.82 Å². The van der Waals surface area contributed by atoms with Crippen molar-refractivity contribution in [2.24, 2.45) is 0 Å². The maximum atomic E-state index is 12.9. The third-order valence-corrected chi connectivity index (χ3v) is 2.32. The summed E-state index contributed by atoms with van der Waals surface area (Å²) in [5.41, 5.74) is 0.953. The van der Waals surface area contributed by atoms with Crippen molar-refractivity contribution >= 4 is 11.6 Å². The lowest BCUT2D eigenvalue weighted by Gasteiger charge is -2.12. The van der Waals surface area contributed by atoms with E-state index in [1.807, 2.05) is 25.1 Å². The zero-order valence-corrected chi connectivity index (χ0v) is 9.47. The molecule has 1 N–H and O–H groups in total. The molecule has 1 unspecified atom stereocenters. The first-order valence-corrected chi connectivity index (χ1v) is 5.47. The van der Waals surface area contributed by atoms with Gasteiger partial charge in [0.15, 0.2) is 0 Å². The number of nitrogens with one attached hydrogen (secondary N) is 1. The molecule has 1 atom stereocenters. The van der Waals surface area contributed by atoms with E-state index in [0.717, 1.165) is 12.1 Å². The minimum Gasteiger partial charge on any atom is -0.307 e. The van der Waals surface area contributed by atoms with E-state index in [0.29, 0.717) is 5.88 Å². The molecule has 82 valence electrons. The molecule has 0 aromatic heterocycles.